The van der Waals surface area contributed by atoms with Gasteiger partial charge in [0.05, 0.1) is 15.8 Å². The number of benzene rings is 1. The fourth-order valence-corrected chi connectivity index (χ4v) is 2.05. The molecule has 0 saturated heterocycles. The molecular weight excluding hydrogens is 213 g/mol. The number of nitrogens with two attached hydrogens (primary N) is 1. The summed E-state index contributed by atoms with van der Waals surface area (Å²) in [5.41, 5.74) is 4.96. The summed E-state index contributed by atoms with van der Waals surface area (Å²) >= 11 is 0.852. The van der Waals surface area contributed by atoms with Crippen LogP contribution in [-0.4, -0.2) is 4.98 Å². The maximum absolute atomic E-state index is 12.5. The molecule has 0 aliphatic heterocycles. The second kappa shape index (κ2) is 2.84. The molecule has 0 unspecified atom stereocenters. The summed E-state index contributed by atoms with van der Waals surface area (Å²) in [5.74, 6) is 0. The van der Waals surface area contributed by atoms with Gasteiger partial charge < -0.3 is 5.73 Å². The molecule has 14 heavy (non-hydrogen) atoms. The highest BCUT2D eigenvalue weighted by Crippen LogP contribution is 2.37. The van der Waals surface area contributed by atoms with Crippen LogP contribution in [0.2, 0.25) is 0 Å². The average Bonchev–Trinajstić information content (AvgIpc) is 2.41. The lowest BCUT2D eigenvalue weighted by atomic mass is 10.2. The van der Waals surface area contributed by atoms with Gasteiger partial charge in [0.2, 0.25) is 0 Å². The molecule has 2 aromatic rings. The van der Waals surface area contributed by atoms with Crippen LogP contribution in [0, 0.1) is 0 Å². The zero-order valence-corrected chi connectivity index (χ0v) is 7.62. The van der Waals surface area contributed by atoms with E-state index in [1.807, 2.05) is 0 Å². The van der Waals surface area contributed by atoms with Crippen molar-refractivity contribution in [2.24, 2.45) is 0 Å². The van der Waals surface area contributed by atoms with Crippen molar-refractivity contribution >= 4 is 26.7 Å². The van der Waals surface area contributed by atoms with Gasteiger partial charge in [-0.2, -0.15) is 13.2 Å². The van der Waals surface area contributed by atoms with Gasteiger partial charge in [-0.1, -0.05) is 17.4 Å². The Bertz CT molecular complexity index is 475. The van der Waals surface area contributed by atoms with Gasteiger partial charge in [0.15, 0.2) is 5.13 Å². The largest absolute Gasteiger partial charge is 0.417 e. The fourth-order valence-electron chi connectivity index (χ4n) is 1.19. The molecule has 0 amide bonds. The Hall–Kier alpha value is -1.30. The molecule has 1 aromatic carbocycles. The van der Waals surface area contributed by atoms with Crippen LogP contribution in [-0.2, 0) is 6.18 Å². The first kappa shape index (κ1) is 9.26. The van der Waals surface area contributed by atoms with Crippen LogP contribution in [0.3, 0.4) is 0 Å². The van der Waals surface area contributed by atoms with Gasteiger partial charge in [0, 0.05) is 0 Å². The van der Waals surface area contributed by atoms with Gasteiger partial charge in [0.25, 0.3) is 0 Å². The minimum absolute atomic E-state index is 0.0949. The third kappa shape index (κ3) is 1.41. The Labute approximate surface area is 81.2 Å². The highest BCUT2D eigenvalue weighted by molar-refractivity contribution is 7.22. The molecule has 0 atom stereocenters. The van der Waals surface area contributed by atoms with Gasteiger partial charge in [0.1, 0.15) is 0 Å². The molecule has 1 aromatic heterocycles. The standard InChI is InChI=1S/C8H5F3N2S/c9-8(10,11)4-2-1-3-5-6(4)14-7(12)13-5/h1-3H,(H2,12,13). The number of anilines is 1. The molecule has 0 aliphatic carbocycles. The number of nitrogens with zero attached hydrogens (tertiary/aromatic N) is 1. The summed E-state index contributed by atoms with van der Waals surface area (Å²) in [6.45, 7) is 0. The second-order valence-electron chi connectivity index (χ2n) is 2.70. The molecule has 0 fully saturated rings. The van der Waals surface area contributed by atoms with Crippen molar-refractivity contribution in [2.75, 3.05) is 5.73 Å². The number of thiazole rings is 1. The Balaban J connectivity index is 2.77. The fraction of sp³-hybridized carbons (Fsp3) is 0.125. The number of alkyl halides is 3. The summed E-state index contributed by atoms with van der Waals surface area (Å²) in [4.78, 5) is 3.78. The molecule has 6 heteroatoms. The normalized spacial score (nSPS) is 12.2. The predicted octanol–water partition coefficient (Wildman–Crippen LogP) is 2.90. The molecule has 2 rings (SSSR count). The van der Waals surface area contributed by atoms with E-state index in [2.05, 4.69) is 4.98 Å². The van der Waals surface area contributed by atoms with E-state index in [1.54, 1.807) is 0 Å². The van der Waals surface area contributed by atoms with Gasteiger partial charge in [-0.3, -0.25) is 0 Å². The first-order valence-corrected chi connectivity index (χ1v) is 4.52. The summed E-state index contributed by atoms with van der Waals surface area (Å²) < 4.78 is 37.5. The molecule has 0 spiro atoms. The molecule has 0 saturated carbocycles. The summed E-state index contributed by atoms with van der Waals surface area (Å²) in [7, 11) is 0. The second-order valence-corrected chi connectivity index (χ2v) is 3.73. The lowest BCUT2D eigenvalue weighted by Gasteiger charge is -2.05. The molecular formula is C8H5F3N2S. The highest BCUT2D eigenvalue weighted by atomic mass is 32.1. The first-order valence-electron chi connectivity index (χ1n) is 3.71. The average molecular weight is 218 g/mol. The van der Waals surface area contributed by atoms with Gasteiger partial charge >= 0.3 is 6.18 Å². The van der Waals surface area contributed by atoms with E-state index in [1.165, 1.54) is 12.1 Å². The van der Waals surface area contributed by atoms with E-state index < -0.39 is 11.7 Å². The number of fused-ring (bicyclic) bond motifs is 1. The van der Waals surface area contributed by atoms with Gasteiger partial charge in [-0.05, 0) is 12.1 Å². The van der Waals surface area contributed by atoms with E-state index in [0.29, 0.717) is 5.52 Å². The predicted molar refractivity (Wildman–Crippen MR) is 49.0 cm³/mol. The molecule has 74 valence electrons. The third-order valence-corrected chi connectivity index (χ3v) is 2.67. The van der Waals surface area contributed by atoms with Crippen LogP contribution in [0.15, 0.2) is 18.2 Å². The van der Waals surface area contributed by atoms with Crippen LogP contribution in [0.25, 0.3) is 10.2 Å². The van der Waals surface area contributed by atoms with E-state index in [9.17, 15) is 13.2 Å². The molecule has 2 nitrogen and oxygen atoms in total. The SMILES string of the molecule is Nc1nc2cccc(C(F)(F)F)c2s1. The summed E-state index contributed by atoms with van der Waals surface area (Å²) in [6.07, 6.45) is -4.35. The molecule has 0 aliphatic rings. The summed E-state index contributed by atoms with van der Waals surface area (Å²) in [5, 5.41) is 0.150. The third-order valence-electron chi connectivity index (χ3n) is 1.74. The summed E-state index contributed by atoms with van der Waals surface area (Å²) in [6, 6.07) is 3.86. The van der Waals surface area contributed by atoms with Crippen LogP contribution < -0.4 is 5.73 Å². The monoisotopic (exact) mass is 218 g/mol. The van der Waals surface area contributed by atoms with Crippen molar-refractivity contribution in [1.82, 2.24) is 4.98 Å². The Morgan fingerprint density at radius 3 is 2.64 bits per heavy atom. The zero-order chi connectivity index (χ0) is 10.3. The lowest BCUT2D eigenvalue weighted by molar-refractivity contribution is -0.136. The topological polar surface area (TPSA) is 38.9 Å². The van der Waals surface area contributed by atoms with Crippen molar-refractivity contribution in [1.29, 1.82) is 0 Å². The van der Waals surface area contributed by atoms with Crippen molar-refractivity contribution in [2.45, 2.75) is 6.18 Å². The van der Waals surface area contributed by atoms with E-state index in [-0.39, 0.29) is 9.83 Å². The van der Waals surface area contributed by atoms with Crippen molar-refractivity contribution < 1.29 is 13.2 Å². The quantitative estimate of drug-likeness (QED) is 0.738. The molecule has 0 radical (unpaired) electrons. The maximum Gasteiger partial charge on any atom is 0.417 e. The number of nitrogen functional groups attached to an aromatic ring is 1. The minimum atomic E-state index is -4.35. The van der Waals surface area contributed by atoms with Crippen LogP contribution in [0.1, 0.15) is 5.56 Å². The Kier molecular flexibility index (Phi) is 1.88. The highest BCUT2D eigenvalue weighted by Gasteiger charge is 2.33. The van der Waals surface area contributed by atoms with Crippen LogP contribution in [0.5, 0.6) is 0 Å². The molecule has 2 N–H and O–H groups in total. The van der Waals surface area contributed by atoms with Gasteiger partial charge in [-0.15, -0.1) is 0 Å². The smallest absolute Gasteiger partial charge is 0.375 e. The molecule has 0 bridgehead atoms. The number of hydrogen-bond acceptors (Lipinski definition) is 3. The number of hydrogen-bond donors (Lipinski definition) is 1. The first-order chi connectivity index (χ1) is 6.48. The van der Waals surface area contributed by atoms with Crippen molar-refractivity contribution in [3.63, 3.8) is 0 Å². The van der Waals surface area contributed by atoms with E-state index in [4.69, 9.17) is 5.73 Å². The van der Waals surface area contributed by atoms with Crippen molar-refractivity contribution in [3.05, 3.63) is 23.8 Å². The van der Waals surface area contributed by atoms with Crippen LogP contribution >= 0.6 is 11.3 Å². The minimum Gasteiger partial charge on any atom is -0.375 e. The van der Waals surface area contributed by atoms with Crippen molar-refractivity contribution in [3.8, 4) is 0 Å². The Morgan fingerprint density at radius 2 is 2.00 bits per heavy atom. The Morgan fingerprint density at radius 1 is 1.29 bits per heavy atom. The maximum atomic E-state index is 12.5. The van der Waals surface area contributed by atoms with E-state index in [0.717, 1.165) is 17.4 Å². The zero-order valence-electron chi connectivity index (χ0n) is 6.80. The number of halogens is 3. The number of rotatable bonds is 0. The lowest BCUT2D eigenvalue weighted by Crippen LogP contribution is -2.04. The van der Waals surface area contributed by atoms with Crippen LogP contribution in [0.4, 0.5) is 18.3 Å². The van der Waals surface area contributed by atoms with Gasteiger partial charge in [-0.25, -0.2) is 4.98 Å². The molecule has 1 heterocycles. The number of aromatic nitrogens is 1. The van der Waals surface area contributed by atoms with E-state index >= 15 is 0 Å².